The van der Waals surface area contributed by atoms with Crippen LogP contribution in [0.2, 0.25) is 0 Å². The van der Waals surface area contributed by atoms with Gasteiger partial charge in [0.15, 0.2) is 0 Å². The Bertz CT molecular complexity index is 301. The topological polar surface area (TPSA) is 31.0 Å². The Hall–Kier alpha value is -1.22. The molecular weight excluding hydrogens is 180 g/mol. The fourth-order valence-electron chi connectivity index (χ4n) is 1.11. The summed E-state index contributed by atoms with van der Waals surface area (Å²) >= 11 is 0. The second-order valence-electron chi connectivity index (χ2n) is 3.70. The summed E-state index contributed by atoms with van der Waals surface area (Å²) in [6.45, 7) is 3.44. The van der Waals surface area contributed by atoms with Gasteiger partial charge >= 0.3 is 0 Å². The molecule has 3 nitrogen and oxygen atoms in total. The predicted molar refractivity (Wildman–Crippen MR) is 52.8 cm³/mol. The fraction of sp³-hybridized carbons (Fsp3) is 0.455. The summed E-state index contributed by atoms with van der Waals surface area (Å²) in [5, 5.41) is 0. The minimum atomic E-state index is -0.0556. The zero-order valence-electron chi connectivity index (χ0n) is 8.45. The molecule has 1 aliphatic heterocycles. The van der Waals surface area contributed by atoms with Crippen molar-refractivity contribution >= 4 is 0 Å². The molecule has 2 rings (SSSR count). The molecule has 0 saturated carbocycles. The van der Waals surface area contributed by atoms with Crippen LogP contribution in [0.4, 0.5) is 0 Å². The zero-order chi connectivity index (χ0) is 10.0. The third-order valence-corrected chi connectivity index (χ3v) is 2.24. The first kappa shape index (κ1) is 9.34. The third-order valence-electron chi connectivity index (χ3n) is 2.24. The van der Waals surface area contributed by atoms with E-state index in [9.17, 15) is 0 Å². The quantitative estimate of drug-likeness (QED) is 0.685. The molecule has 0 bridgehead atoms. The maximum absolute atomic E-state index is 5.55. The van der Waals surface area contributed by atoms with Crippen molar-refractivity contribution in [1.29, 1.82) is 0 Å². The van der Waals surface area contributed by atoms with Gasteiger partial charge in [0.1, 0.15) is 23.7 Å². The van der Waals surface area contributed by atoms with E-state index in [1.807, 2.05) is 31.2 Å². The molecule has 1 saturated heterocycles. The van der Waals surface area contributed by atoms with Crippen LogP contribution in [-0.4, -0.2) is 25.9 Å². The standard InChI is InChI=1S/C11H14O3/c1-11(8-14-11)7-13-10-5-3-9(12-2)4-6-10/h3-6H,7-8H2,1-2H3. The highest BCUT2D eigenvalue weighted by Crippen LogP contribution is 2.27. The van der Waals surface area contributed by atoms with Gasteiger partial charge in [-0.15, -0.1) is 0 Å². The molecule has 0 spiro atoms. The second-order valence-corrected chi connectivity index (χ2v) is 3.70. The van der Waals surface area contributed by atoms with Crippen LogP contribution >= 0.6 is 0 Å². The molecule has 0 radical (unpaired) electrons. The zero-order valence-corrected chi connectivity index (χ0v) is 8.45. The average molecular weight is 194 g/mol. The summed E-state index contributed by atoms with van der Waals surface area (Å²) < 4.78 is 15.8. The van der Waals surface area contributed by atoms with Crippen molar-refractivity contribution in [3.05, 3.63) is 24.3 Å². The molecule has 0 N–H and O–H groups in total. The lowest BCUT2D eigenvalue weighted by atomic mass is 10.2. The van der Waals surface area contributed by atoms with Crippen LogP contribution < -0.4 is 9.47 Å². The van der Waals surface area contributed by atoms with Crippen molar-refractivity contribution in [2.45, 2.75) is 12.5 Å². The Morgan fingerprint density at radius 3 is 2.36 bits per heavy atom. The van der Waals surface area contributed by atoms with Crippen molar-refractivity contribution in [1.82, 2.24) is 0 Å². The second kappa shape index (κ2) is 3.50. The SMILES string of the molecule is COc1ccc(OCC2(C)CO2)cc1. The summed E-state index contributed by atoms with van der Waals surface area (Å²) in [6.07, 6.45) is 0. The molecule has 3 heteroatoms. The summed E-state index contributed by atoms with van der Waals surface area (Å²) in [5.74, 6) is 1.69. The minimum Gasteiger partial charge on any atom is -0.497 e. The Morgan fingerprint density at radius 1 is 1.29 bits per heavy atom. The van der Waals surface area contributed by atoms with E-state index in [0.29, 0.717) is 6.61 Å². The lowest BCUT2D eigenvalue weighted by Gasteiger charge is -2.08. The summed E-state index contributed by atoms with van der Waals surface area (Å²) in [7, 11) is 1.65. The first-order valence-corrected chi connectivity index (χ1v) is 4.63. The van der Waals surface area contributed by atoms with E-state index in [1.54, 1.807) is 7.11 Å². The maximum Gasteiger partial charge on any atom is 0.123 e. The van der Waals surface area contributed by atoms with Crippen LogP contribution in [0.5, 0.6) is 11.5 Å². The molecule has 0 amide bonds. The lowest BCUT2D eigenvalue weighted by Crippen LogP contribution is -2.16. The van der Waals surface area contributed by atoms with Crippen LogP contribution in [0, 0.1) is 0 Å². The van der Waals surface area contributed by atoms with E-state index in [4.69, 9.17) is 14.2 Å². The number of hydrogen-bond donors (Lipinski definition) is 0. The predicted octanol–water partition coefficient (Wildman–Crippen LogP) is 1.86. The van der Waals surface area contributed by atoms with Gasteiger partial charge < -0.3 is 14.2 Å². The van der Waals surface area contributed by atoms with E-state index < -0.39 is 0 Å². The normalized spacial score (nSPS) is 24.4. The molecule has 1 fully saturated rings. The molecule has 1 aromatic carbocycles. The number of methoxy groups -OCH3 is 1. The number of epoxide rings is 1. The Balaban J connectivity index is 1.89. The van der Waals surface area contributed by atoms with Gasteiger partial charge in [-0.25, -0.2) is 0 Å². The van der Waals surface area contributed by atoms with Crippen LogP contribution in [0.15, 0.2) is 24.3 Å². The van der Waals surface area contributed by atoms with Crippen LogP contribution in [0.3, 0.4) is 0 Å². The Kier molecular flexibility index (Phi) is 2.33. The van der Waals surface area contributed by atoms with Gasteiger partial charge in [-0.2, -0.15) is 0 Å². The molecular formula is C11H14O3. The van der Waals surface area contributed by atoms with Gasteiger partial charge in [-0.05, 0) is 31.2 Å². The van der Waals surface area contributed by atoms with Crippen LogP contribution in [-0.2, 0) is 4.74 Å². The number of benzene rings is 1. The first-order chi connectivity index (χ1) is 6.72. The average Bonchev–Trinajstić information content (AvgIpc) is 2.95. The maximum atomic E-state index is 5.55. The van der Waals surface area contributed by atoms with Gasteiger partial charge in [0.2, 0.25) is 0 Å². The van der Waals surface area contributed by atoms with Gasteiger partial charge in [0, 0.05) is 0 Å². The van der Waals surface area contributed by atoms with E-state index in [1.165, 1.54) is 0 Å². The molecule has 0 aromatic heterocycles. The highest BCUT2D eigenvalue weighted by atomic mass is 16.6. The van der Waals surface area contributed by atoms with Gasteiger partial charge in [-0.3, -0.25) is 0 Å². The van der Waals surface area contributed by atoms with Crippen molar-refractivity contribution in [3.63, 3.8) is 0 Å². The lowest BCUT2D eigenvalue weighted by molar-refractivity contribution is 0.202. The third kappa shape index (κ3) is 2.17. The van der Waals surface area contributed by atoms with Crippen molar-refractivity contribution in [2.75, 3.05) is 20.3 Å². The first-order valence-electron chi connectivity index (χ1n) is 4.63. The molecule has 1 unspecified atom stereocenters. The number of rotatable bonds is 4. The van der Waals surface area contributed by atoms with E-state index in [-0.39, 0.29) is 5.60 Å². The smallest absolute Gasteiger partial charge is 0.123 e. The van der Waals surface area contributed by atoms with E-state index in [2.05, 4.69) is 0 Å². The van der Waals surface area contributed by atoms with Gasteiger partial charge in [-0.1, -0.05) is 0 Å². The largest absolute Gasteiger partial charge is 0.497 e. The fourth-order valence-corrected chi connectivity index (χ4v) is 1.11. The molecule has 1 aliphatic rings. The minimum absolute atomic E-state index is 0.0556. The number of ether oxygens (including phenoxy) is 3. The van der Waals surface area contributed by atoms with Crippen molar-refractivity contribution in [2.24, 2.45) is 0 Å². The van der Waals surface area contributed by atoms with Crippen molar-refractivity contribution in [3.8, 4) is 11.5 Å². The molecule has 1 heterocycles. The molecule has 1 atom stereocenters. The molecule has 76 valence electrons. The van der Waals surface area contributed by atoms with Crippen LogP contribution in [0.1, 0.15) is 6.92 Å². The highest BCUT2D eigenvalue weighted by Gasteiger charge is 2.40. The Labute approximate surface area is 83.6 Å². The molecule has 0 aliphatic carbocycles. The number of hydrogen-bond acceptors (Lipinski definition) is 3. The summed E-state index contributed by atoms with van der Waals surface area (Å²) in [6, 6.07) is 7.55. The van der Waals surface area contributed by atoms with E-state index >= 15 is 0 Å². The molecule has 1 aromatic rings. The van der Waals surface area contributed by atoms with Gasteiger partial charge in [0.05, 0.1) is 13.7 Å². The molecule has 14 heavy (non-hydrogen) atoms. The Morgan fingerprint density at radius 2 is 1.86 bits per heavy atom. The van der Waals surface area contributed by atoms with E-state index in [0.717, 1.165) is 18.1 Å². The highest BCUT2D eigenvalue weighted by molar-refractivity contribution is 5.31. The van der Waals surface area contributed by atoms with Crippen LogP contribution in [0.25, 0.3) is 0 Å². The van der Waals surface area contributed by atoms with Gasteiger partial charge in [0.25, 0.3) is 0 Å². The summed E-state index contributed by atoms with van der Waals surface area (Å²) in [4.78, 5) is 0. The monoisotopic (exact) mass is 194 g/mol. The van der Waals surface area contributed by atoms with Crippen molar-refractivity contribution < 1.29 is 14.2 Å². The summed E-state index contributed by atoms with van der Waals surface area (Å²) in [5.41, 5.74) is -0.0556.